The van der Waals surface area contributed by atoms with Gasteiger partial charge in [-0.3, -0.25) is 4.79 Å². The third-order valence-corrected chi connectivity index (χ3v) is 4.85. The predicted molar refractivity (Wildman–Crippen MR) is 98.5 cm³/mol. The monoisotopic (exact) mass is 375 g/mol. The van der Waals surface area contributed by atoms with Crippen molar-refractivity contribution in [3.05, 3.63) is 58.3 Å². The van der Waals surface area contributed by atoms with Crippen LogP contribution in [0.5, 0.6) is 0 Å². The fourth-order valence-corrected chi connectivity index (χ4v) is 3.18. The maximum absolute atomic E-state index is 12.7. The van der Waals surface area contributed by atoms with E-state index in [1.807, 2.05) is 43.5 Å². The molecule has 0 aliphatic rings. The normalized spacial score (nSPS) is 11.0. The van der Waals surface area contributed by atoms with E-state index < -0.39 is 0 Å². The molecule has 5 nitrogen and oxygen atoms in total. The van der Waals surface area contributed by atoms with Crippen LogP contribution >= 0.6 is 22.9 Å². The van der Waals surface area contributed by atoms with Crippen LogP contribution in [0.2, 0.25) is 5.02 Å². The number of benzene rings is 1. The Balaban J connectivity index is 1.70. The maximum atomic E-state index is 12.7. The van der Waals surface area contributed by atoms with Crippen LogP contribution in [0, 0.1) is 0 Å². The van der Waals surface area contributed by atoms with Gasteiger partial charge in [0.2, 0.25) is 17.6 Å². The van der Waals surface area contributed by atoms with Crippen molar-refractivity contribution in [1.82, 2.24) is 15.0 Å². The molecule has 0 fully saturated rings. The van der Waals surface area contributed by atoms with Crippen LogP contribution in [0.4, 0.5) is 0 Å². The second-order valence-electron chi connectivity index (χ2n) is 5.91. The minimum absolute atomic E-state index is 0.00759. The zero-order chi connectivity index (χ0) is 17.8. The maximum Gasteiger partial charge on any atom is 0.246 e. The fraction of sp³-hybridized carbons (Fsp3) is 0.278. The standard InChI is InChI=1S/C18H18ClN3O2S/c1-12(2)22(17(23)10-13-5-7-14(19)8-6-13)11-16-20-18(21-24-16)15-4-3-9-25-15/h3-9,12H,10-11H2,1-2H3. The topological polar surface area (TPSA) is 59.2 Å². The largest absolute Gasteiger partial charge is 0.337 e. The Morgan fingerprint density at radius 1 is 1.28 bits per heavy atom. The van der Waals surface area contributed by atoms with E-state index in [1.54, 1.807) is 28.4 Å². The average molecular weight is 376 g/mol. The molecule has 0 aliphatic heterocycles. The summed E-state index contributed by atoms with van der Waals surface area (Å²) in [6.07, 6.45) is 0.307. The first-order valence-electron chi connectivity index (χ1n) is 7.93. The highest BCUT2D eigenvalue weighted by Crippen LogP contribution is 2.22. The van der Waals surface area contributed by atoms with Crippen LogP contribution in [0.3, 0.4) is 0 Å². The zero-order valence-corrected chi connectivity index (χ0v) is 15.5. The molecule has 0 atom stereocenters. The van der Waals surface area contributed by atoms with Crippen molar-refractivity contribution >= 4 is 28.8 Å². The van der Waals surface area contributed by atoms with Gasteiger partial charge in [0.15, 0.2) is 0 Å². The van der Waals surface area contributed by atoms with Crippen LogP contribution in [-0.4, -0.2) is 27.0 Å². The van der Waals surface area contributed by atoms with Crippen LogP contribution in [-0.2, 0) is 17.8 Å². The first-order valence-corrected chi connectivity index (χ1v) is 9.19. The molecule has 2 heterocycles. The molecule has 0 saturated carbocycles. The molecule has 1 amide bonds. The highest BCUT2D eigenvalue weighted by molar-refractivity contribution is 7.13. The Hall–Kier alpha value is -2.18. The van der Waals surface area contributed by atoms with E-state index in [2.05, 4.69) is 10.1 Å². The van der Waals surface area contributed by atoms with Crippen molar-refractivity contribution in [3.8, 4) is 10.7 Å². The van der Waals surface area contributed by atoms with Gasteiger partial charge in [-0.05, 0) is 43.0 Å². The third kappa shape index (κ3) is 4.46. The first kappa shape index (κ1) is 17.6. The molecule has 0 unspecified atom stereocenters. The van der Waals surface area contributed by atoms with E-state index >= 15 is 0 Å². The molecule has 0 aliphatic carbocycles. The predicted octanol–water partition coefficient (Wildman–Crippen LogP) is 4.43. The van der Waals surface area contributed by atoms with Gasteiger partial charge in [-0.25, -0.2) is 0 Å². The summed E-state index contributed by atoms with van der Waals surface area (Å²) in [5, 5.41) is 6.61. The summed E-state index contributed by atoms with van der Waals surface area (Å²) in [4.78, 5) is 19.8. The highest BCUT2D eigenvalue weighted by Gasteiger charge is 2.21. The molecule has 0 radical (unpaired) electrons. The minimum Gasteiger partial charge on any atom is -0.337 e. The van der Waals surface area contributed by atoms with Gasteiger partial charge >= 0.3 is 0 Å². The fourth-order valence-electron chi connectivity index (χ4n) is 2.41. The van der Waals surface area contributed by atoms with Crippen molar-refractivity contribution in [3.63, 3.8) is 0 Å². The van der Waals surface area contributed by atoms with Crippen LogP contribution in [0.1, 0.15) is 25.3 Å². The van der Waals surface area contributed by atoms with Crippen LogP contribution < -0.4 is 0 Å². The van der Waals surface area contributed by atoms with Gasteiger partial charge in [-0.15, -0.1) is 11.3 Å². The quantitative estimate of drug-likeness (QED) is 0.639. The van der Waals surface area contributed by atoms with E-state index in [0.717, 1.165) is 10.4 Å². The van der Waals surface area contributed by atoms with Gasteiger partial charge < -0.3 is 9.42 Å². The van der Waals surface area contributed by atoms with E-state index in [4.69, 9.17) is 16.1 Å². The number of rotatable bonds is 6. The number of aromatic nitrogens is 2. The lowest BCUT2D eigenvalue weighted by Crippen LogP contribution is -2.37. The molecule has 0 saturated heterocycles. The molecule has 3 aromatic rings. The number of hydrogen-bond donors (Lipinski definition) is 0. The smallest absolute Gasteiger partial charge is 0.246 e. The summed E-state index contributed by atoms with van der Waals surface area (Å²) in [5.74, 6) is 0.994. The average Bonchev–Trinajstić information content (AvgIpc) is 3.25. The third-order valence-electron chi connectivity index (χ3n) is 3.73. The van der Waals surface area contributed by atoms with Crippen molar-refractivity contribution in [1.29, 1.82) is 0 Å². The molecule has 130 valence electrons. The van der Waals surface area contributed by atoms with Gasteiger partial charge in [0.05, 0.1) is 11.3 Å². The lowest BCUT2D eigenvalue weighted by molar-refractivity contribution is -0.133. The van der Waals surface area contributed by atoms with Gasteiger partial charge in [0.1, 0.15) is 6.54 Å². The van der Waals surface area contributed by atoms with Crippen LogP contribution in [0.15, 0.2) is 46.3 Å². The lowest BCUT2D eigenvalue weighted by Gasteiger charge is -2.25. The Morgan fingerprint density at radius 2 is 2.04 bits per heavy atom. The molecule has 7 heteroatoms. The molecular formula is C18H18ClN3O2S. The molecule has 25 heavy (non-hydrogen) atoms. The molecule has 1 aromatic carbocycles. The van der Waals surface area contributed by atoms with E-state index in [-0.39, 0.29) is 11.9 Å². The molecule has 0 bridgehead atoms. The van der Waals surface area contributed by atoms with E-state index in [1.165, 1.54) is 0 Å². The Kier molecular flexibility index (Phi) is 5.50. The highest BCUT2D eigenvalue weighted by atomic mass is 35.5. The number of carbonyl (C=O) groups is 1. The zero-order valence-electron chi connectivity index (χ0n) is 14.0. The van der Waals surface area contributed by atoms with Crippen LogP contribution in [0.25, 0.3) is 10.7 Å². The van der Waals surface area contributed by atoms with Gasteiger partial charge in [-0.1, -0.05) is 35.0 Å². The van der Waals surface area contributed by atoms with Crippen molar-refractivity contribution in [2.75, 3.05) is 0 Å². The Morgan fingerprint density at radius 3 is 2.68 bits per heavy atom. The van der Waals surface area contributed by atoms with Gasteiger partial charge in [0.25, 0.3) is 0 Å². The van der Waals surface area contributed by atoms with Gasteiger partial charge in [0, 0.05) is 11.1 Å². The van der Waals surface area contributed by atoms with Crippen molar-refractivity contribution < 1.29 is 9.32 Å². The molecule has 0 spiro atoms. The van der Waals surface area contributed by atoms with E-state index in [0.29, 0.717) is 29.7 Å². The molecule has 3 rings (SSSR count). The number of carbonyl (C=O) groups excluding carboxylic acids is 1. The summed E-state index contributed by atoms with van der Waals surface area (Å²) in [7, 11) is 0. The molecular weight excluding hydrogens is 358 g/mol. The summed E-state index contributed by atoms with van der Waals surface area (Å²) in [6.45, 7) is 4.23. The van der Waals surface area contributed by atoms with Crippen molar-refractivity contribution in [2.24, 2.45) is 0 Å². The second-order valence-corrected chi connectivity index (χ2v) is 7.29. The van der Waals surface area contributed by atoms with Gasteiger partial charge in [-0.2, -0.15) is 4.98 Å². The van der Waals surface area contributed by atoms with E-state index in [9.17, 15) is 4.79 Å². The summed E-state index contributed by atoms with van der Waals surface area (Å²) in [6, 6.07) is 11.2. The Labute approximate surface area is 155 Å². The second kappa shape index (κ2) is 7.80. The SMILES string of the molecule is CC(C)N(Cc1nc(-c2cccs2)no1)C(=O)Cc1ccc(Cl)cc1. The number of halogens is 1. The lowest BCUT2D eigenvalue weighted by atomic mass is 10.1. The summed E-state index contributed by atoms with van der Waals surface area (Å²) in [5.41, 5.74) is 0.921. The minimum atomic E-state index is 0.00759. The first-order chi connectivity index (χ1) is 12.0. The number of nitrogens with zero attached hydrogens (tertiary/aromatic N) is 3. The van der Waals surface area contributed by atoms with Crippen molar-refractivity contribution in [2.45, 2.75) is 32.9 Å². The Bertz CT molecular complexity index is 828. The summed E-state index contributed by atoms with van der Waals surface area (Å²) >= 11 is 7.44. The summed E-state index contributed by atoms with van der Waals surface area (Å²) < 4.78 is 5.32. The number of hydrogen-bond acceptors (Lipinski definition) is 5. The molecule has 2 aromatic heterocycles. The number of amides is 1. The number of thiophene rings is 1. The molecule has 0 N–H and O–H groups in total.